The molecule has 1 aromatic rings. The minimum absolute atomic E-state index is 0.106. The van der Waals surface area contributed by atoms with E-state index in [4.69, 9.17) is 0 Å². The van der Waals surface area contributed by atoms with Crippen molar-refractivity contribution in [2.45, 2.75) is 13.3 Å². The second-order valence-corrected chi connectivity index (χ2v) is 5.55. The van der Waals surface area contributed by atoms with Crippen LogP contribution in [0.5, 0.6) is 0 Å². The van der Waals surface area contributed by atoms with E-state index in [1.54, 1.807) is 13.0 Å². The van der Waals surface area contributed by atoms with Crippen LogP contribution < -0.4 is 5.32 Å². The van der Waals surface area contributed by atoms with Crippen molar-refractivity contribution in [2.24, 2.45) is 5.92 Å². The minimum Gasteiger partial charge on any atom is -0.352 e. The molecule has 1 heterocycles. The first-order valence-electron chi connectivity index (χ1n) is 5.79. The fourth-order valence-electron chi connectivity index (χ4n) is 1.87. The van der Waals surface area contributed by atoms with Crippen LogP contribution in [0, 0.1) is 18.7 Å². The monoisotopic (exact) mass is 253 g/mol. The van der Waals surface area contributed by atoms with Crippen LogP contribution in [0.4, 0.5) is 4.39 Å². The first-order valence-corrected chi connectivity index (χ1v) is 6.94. The van der Waals surface area contributed by atoms with Gasteiger partial charge in [-0.2, -0.15) is 11.8 Å². The lowest BCUT2D eigenvalue weighted by molar-refractivity contribution is 0.0948. The maximum atomic E-state index is 13.1. The van der Waals surface area contributed by atoms with Crippen molar-refractivity contribution in [1.82, 2.24) is 5.32 Å². The number of aryl methyl sites for hydroxylation is 1. The number of hydrogen-bond donors (Lipinski definition) is 1. The number of nitrogens with one attached hydrogen (secondary N) is 1. The van der Waals surface area contributed by atoms with Crippen LogP contribution in [-0.2, 0) is 0 Å². The van der Waals surface area contributed by atoms with Gasteiger partial charge in [0.2, 0.25) is 0 Å². The molecule has 0 aromatic heterocycles. The zero-order valence-corrected chi connectivity index (χ0v) is 10.6. The lowest BCUT2D eigenvalue weighted by atomic mass is 10.1. The molecular weight excluding hydrogens is 237 g/mol. The maximum Gasteiger partial charge on any atom is 0.251 e. The molecule has 2 nitrogen and oxygen atoms in total. The largest absolute Gasteiger partial charge is 0.352 e. The molecule has 2 rings (SSSR count). The molecule has 1 N–H and O–H groups in total. The lowest BCUT2D eigenvalue weighted by Crippen LogP contribution is -2.29. The predicted molar refractivity (Wildman–Crippen MR) is 68.9 cm³/mol. The number of halogens is 1. The number of rotatable bonds is 3. The molecule has 1 aliphatic heterocycles. The smallest absolute Gasteiger partial charge is 0.251 e. The number of carbonyl (C=O) groups excluding carboxylic acids is 1. The molecule has 1 saturated heterocycles. The summed E-state index contributed by atoms with van der Waals surface area (Å²) in [6.45, 7) is 2.39. The molecule has 0 saturated carbocycles. The van der Waals surface area contributed by atoms with Crippen LogP contribution >= 0.6 is 11.8 Å². The fraction of sp³-hybridized carbons (Fsp3) is 0.462. The molecule has 1 atom stereocenters. The summed E-state index contributed by atoms with van der Waals surface area (Å²) in [6.07, 6.45) is 1.17. The van der Waals surface area contributed by atoms with Gasteiger partial charge in [0.05, 0.1) is 0 Å². The third-order valence-corrected chi connectivity index (χ3v) is 4.23. The molecular formula is C13H16FNOS. The molecule has 0 radical (unpaired) electrons. The molecule has 0 aliphatic carbocycles. The number of benzene rings is 1. The van der Waals surface area contributed by atoms with Gasteiger partial charge in [-0.25, -0.2) is 4.39 Å². The van der Waals surface area contributed by atoms with E-state index >= 15 is 0 Å². The summed E-state index contributed by atoms with van der Waals surface area (Å²) in [5, 5.41) is 2.91. The van der Waals surface area contributed by atoms with Crippen LogP contribution in [0.15, 0.2) is 18.2 Å². The highest BCUT2D eigenvalue weighted by Crippen LogP contribution is 2.22. The highest BCUT2D eigenvalue weighted by molar-refractivity contribution is 7.99. The minimum atomic E-state index is -0.270. The normalized spacial score (nSPS) is 19.3. The molecule has 1 unspecified atom stereocenters. The van der Waals surface area contributed by atoms with E-state index in [2.05, 4.69) is 5.32 Å². The van der Waals surface area contributed by atoms with E-state index in [-0.39, 0.29) is 11.7 Å². The fourth-order valence-corrected chi connectivity index (χ4v) is 3.15. The van der Waals surface area contributed by atoms with E-state index in [9.17, 15) is 9.18 Å². The molecule has 92 valence electrons. The van der Waals surface area contributed by atoms with Crippen LogP contribution in [-0.4, -0.2) is 24.0 Å². The molecule has 17 heavy (non-hydrogen) atoms. The van der Waals surface area contributed by atoms with Gasteiger partial charge in [0.25, 0.3) is 5.91 Å². The topological polar surface area (TPSA) is 29.1 Å². The van der Waals surface area contributed by atoms with Gasteiger partial charge >= 0.3 is 0 Å². The van der Waals surface area contributed by atoms with Gasteiger partial charge in [-0.05, 0) is 54.5 Å². The molecule has 1 aliphatic rings. The Balaban J connectivity index is 1.92. The Morgan fingerprint density at radius 2 is 2.41 bits per heavy atom. The SMILES string of the molecule is Cc1cc(C(=O)NCC2CCSC2)ccc1F. The number of carbonyl (C=O) groups is 1. The number of amides is 1. The first-order chi connectivity index (χ1) is 8.16. The second kappa shape index (κ2) is 5.54. The molecule has 0 spiro atoms. The molecule has 1 fully saturated rings. The zero-order valence-electron chi connectivity index (χ0n) is 9.83. The quantitative estimate of drug-likeness (QED) is 0.897. The van der Waals surface area contributed by atoms with Gasteiger partial charge in [-0.15, -0.1) is 0 Å². The first kappa shape index (κ1) is 12.4. The standard InChI is InChI=1S/C13H16FNOS/c1-9-6-11(2-3-12(9)14)13(16)15-7-10-4-5-17-8-10/h2-3,6,10H,4-5,7-8H2,1H3,(H,15,16). The Bertz CT molecular complexity index is 416. The van der Waals surface area contributed by atoms with Crippen molar-refractivity contribution in [3.8, 4) is 0 Å². The van der Waals surface area contributed by atoms with Crippen molar-refractivity contribution in [3.63, 3.8) is 0 Å². The van der Waals surface area contributed by atoms with Crippen molar-refractivity contribution in [1.29, 1.82) is 0 Å². The van der Waals surface area contributed by atoms with Crippen molar-refractivity contribution >= 4 is 17.7 Å². The molecule has 1 aromatic carbocycles. The van der Waals surface area contributed by atoms with Crippen molar-refractivity contribution < 1.29 is 9.18 Å². The summed E-state index contributed by atoms with van der Waals surface area (Å²) in [5.41, 5.74) is 1.05. The van der Waals surface area contributed by atoms with E-state index < -0.39 is 0 Å². The van der Waals surface area contributed by atoms with Crippen LogP contribution in [0.1, 0.15) is 22.3 Å². The molecule has 0 bridgehead atoms. The summed E-state index contributed by atoms with van der Waals surface area (Å²) >= 11 is 1.93. The van der Waals surface area contributed by atoms with Gasteiger partial charge in [0.1, 0.15) is 5.82 Å². The summed E-state index contributed by atoms with van der Waals surface area (Å²) < 4.78 is 13.1. The highest BCUT2D eigenvalue weighted by Gasteiger charge is 2.16. The highest BCUT2D eigenvalue weighted by atomic mass is 32.2. The Kier molecular flexibility index (Phi) is 4.05. The van der Waals surface area contributed by atoms with Gasteiger partial charge in [-0.1, -0.05) is 0 Å². The van der Waals surface area contributed by atoms with E-state index in [0.717, 1.165) is 12.3 Å². The summed E-state index contributed by atoms with van der Waals surface area (Å²) in [5.74, 6) is 2.53. The number of thioether (sulfide) groups is 1. The Morgan fingerprint density at radius 1 is 1.59 bits per heavy atom. The molecule has 1 amide bonds. The van der Waals surface area contributed by atoms with E-state index in [1.807, 2.05) is 11.8 Å². The lowest BCUT2D eigenvalue weighted by Gasteiger charge is -2.10. The van der Waals surface area contributed by atoms with Crippen LogP contribution in [0.25, 0.3) is 0 Å². The van der Waals surface area contributed by atoms with Gasteiger partial charge in [0.15, 0.2) is 0 Å². The van der Waals surface area contributed by atoms with Crippen molar-refractivity contribution in [3.05, 3.63) is 35.1 Å². The second-order valence-electron chi connectivity index (χ2n) is 4.40. The van der Waals surface area contributed by atoms with Gasteiger partial charge in [0, 0.05) is 12.1 Å². The maximum absolute atomic E-state index is 13.1. The van der Waals surface area contributed by atoms with Crippen molar-refractivity contribution in [2.75, 3.05) is 18.1 Å². The van der Waals surface area contributed by atoms with E-state index in [1.165, 1.54) is 24.3 Å². The summed E-state index contributed by atoms with van der Waals surface area (Å²) in [7, 11) is 0. The molecule has 4 heteroatoms. The van der Waals surface area contributed by atoms with Crippen LogP contribution in [0.2, 0.25) is 0 Å². The average molecular weight is 253 g/mol. The Labute approximate surface area is 105 Å². The number of hydrogen-bond acceptors (Lipinski definition) is 2. The predicted octanol–water partition coefficient (Wildman–Crippen LogP) is 2.62. The van der Waals surface area contributed by atoms with Crippen LogP contribution in [0.3, 0.4) is 0 Å². The third kappa shape index (κ3) is 3.22. The zero-order chi connectivity index (χ0) is 12.3. The Hall–Kier alpha value is -1.03. The van der Waals surface area contributed by atoms with Gasteiger partial charge in [-0.3, -0.25) is 4.79 Å². The average Bonchev–Trinajstić information content (AvgIpc) is 2.82. The van der Waals surface area contributed by atoms with E-state index in [0.29, 0.717) is 17.0 Å². The summed E-state index contributed by atoms with van der Waals surface area (Å²) in [6, 6.07) is 4.46. The summed E-state index contributed by atoms with van der Waals surface area (Å²) in [4.78, 5) is 11.8. The Morgan fingerprint density at radius 3 is 3.06 bits per heavy atom. The third-order valence-electron chi connectivity index (χ3n) is 3.00. The van der Waals surface area contributed by atoms with Gasteiger partial charge < -0.3 is 5.32 Å².